The number of carbonyl (C=O) groups is 2. The summed E-state index contributed by atoms with van der Waals surface area (Å²) in [5.41, 5.74) is 1.91. The van der Waals surface area contributed by atoms with Crippen LogP contribution < -0.4 is 10.1 Å². The molecular weight excluding hydrogens is 356 g/mol. The Labute approximate surface area is 164 Å². The monoisotopic (exact) mass is 382 g/mol. The zero-order chi connectivity index (χ0) is 19.9. The lowest BCUT2D eigenvalue weighted by molar-refractivity contribution is 0.0764. The van der Waals surface area contributed by atoms with Crippen molar-refractivity contribution in [3.63, 3.8) is 0 Å². The van der Waals surface area contributed by atoms with Gasteiger partial charge in [-0.15, -0.1) is 0 Å². The average molecular weight is 382 g/mol. The molecule has 0 aliphatic carbocycles. The first-order valence-corrected chi connectivity index (χ1v) is 9.74. The lowest BCUT2D eigenvalue weighted by Crippen LogP contribution is -2.50. The molecule has 1 spiro atoms. The van der Waals surface area contributed by atoms with Crippen LogP contribution in [-0.2, 0) is 6.42 Å². The fourth-order valence-electron chi connectivity index (χ4n) is 4.12. The Bertz CT molecular complexity index is 920. The minimum atomic E-state index is -0.382. The number of aromatic nitrogens is 2. The second kappa shape index (κ2) is 6.96. The van der Waals surface area contributed by atoms with E-state index in [2.05, 4.69) is 10.4 Å². The summed E-state index contributed by atoms with van der Waals surface area (Å²) in [6, 6.07) is 5.86. The summed E-state index contributed by atoms with van der Waals surface area (Å²) in [7, 11) is 1.60. The molecule has 2 amide bonds. The van der Waals surface area contributed by atoms with Gasteiger partial charge in [0.1, 0.15) is 5.75 Å². The van der Waals surface area contributed by atoms with Gasteiger partial charge in [-0.1, -0.05) is 6.07 Å². The molecule has 1 aromatic heterocycles. The van der Waals surface area contributed by atoms with Crippen molar-refractivity contribution in [2.45, 2.75) is 44.7 Å². The van der Waals surface area contributed by atoms with E-state index in [0.29, 0.717) is 30.0 Å². The number of hydrogen-bond acceptors (Lipinski definition) is 4. The van der Waals surface area contributed by atoms with Gasteiger partial charge in [0, 0.05) is 30.9 Å². The number of fused-ring (bicyclic) bond motifs is 1. The van der Waals surface area contributed by atoms with Gasteiger partial charge in [-0.3, -0.25) is 14.3 Å². The number of aryl methyl sites for hydroxylation is 1. The van der Waals surface area contributed by atoms with Gasteiger partial charge in [-0.05, 0) is 50.8 Å². The van der Waals surface area contributed by atoms with E-state index in [1.165, 1.54) is 0 Å². The van der Waals surface area contributed by atoms with Crippen molar-refractivity contribution in [3.8, 4) is 5.75 Å². The zero-order valence-electron chi connectivity index (χ0n) is 16.6. The maximum Gasteiger partial charge on any atom is 0.257 e. The van der Waals surface area contributed by atoms with Crippen LogP contribution in [0.25, 0.3) is 0 Å². The number of nitrogens with one attached hydrogen (secondary N) is 1. The SMILES string of the molecule is COc1ccc2c(c1)C(=O)NC1(CC2)CCN(C(=O)c2cnn(C(C)C)c2)C1. The molecule has 2 aromatic rings. The van der Waals surface area contributed by atoms with Gasteiger partial charge in [0.15, 0.2) is 0 Å². The smallest absolute Gasteiger partial charge is 0.257 e. The van der Waals surface area contributed by atoms with Crippen molar-refractivity contribution in [2.75, 3.05) is 20.2 Å². The largest absolute Gasteiger partial charge is 0.497 e. The topological polar surface area (TPSA) is 76.5 Å². The third kappa shape index (κ3) is 3.25. The number of carbonyl (C=O) groups excluding carboxylic acids is 2. The highest BCUT2D eigenvalue weighted by molar-refractivity contribution is 5.97. The van der Waals surface area contributed by atoms with Crippen LogP contribution in [0.4, 0.5) is 0 Å². The van der Waals surface area contributed by atoms with Crippen LogP contribution >= 0.6 is 0 Å². The molecule has 0 radical (unpaired) electrons. The van der Waals surface area contributed by atoms with Crippen LogP contribution in [0.5, 0.6) is 5.75 Å². The molecule has 28 heavy (non-hydrogen) atoms. The Hall–Kier alpha value is -2.83. The highest BCUT2D eigenvalue weighted by atomic mass is 16.5. The normalized spacial score (nSPS) is 21.6. The van der Waals surface area contributed by atoms with Crippen molar-refractivity contribution in [3.05, 3.63) is 47.3 Å². The van der Waals surface area contributed by atoms with Gasteiger partial charge in [-0.25, -0.2) is 0 Å². The lowest BCUT2D eigenvalue weighted by Gasteiger charge is -2.28. The molecular formula is C21H26N4O3. The third-order valence-corrected chi connectivity index (χ3v) is 5.83. The number of benzene rings is 1. The van der Waals surface area contributed by atoms with Crippen LogP contribution in [0.1, 0.15) is 59.0 Å². The second-order valence-corrected chi connectivity index (χ2v) is 8.04. The van der Waals surface area contributed by atoms with E-state index >= 15 is 0 Å². The summed E-state index contributed by atoms with van der Waals surface area (Å²) in [6.45, 7) is 5.21. The summed E-state index contributed by atoms with van der Waals surface area (Å²) in [6.07, 6.45) is 5.79. The van der Waals surface area contributed by atoms with Crippen molar-refractivity contribution in [1.82, 2.24) is 20.0 Å². The van der Waals surface area contributed by atoms with E-state index in [4.69, 9.17) is 4.74 Å². The first-order valence-electron chi connectivity index (χ1n) is 9.74. The number of ether oxygens (including phenoxy) is 1. The van der Waals surface area contributed by atoms with Crippen molar-refractivity contribution < 1.29 is 14.3 Å². The predicted molar refractivity (Wildman–Crippen MR) is 105 cm³/mol. The maximum atomic E-state index is 12.9. The summed E-state index contributed by atoms with van der Waals surface area (Å²) in [5.74, 6) is 0.560. The van der Waals surface area contributed by atoms with Crippen LogP contribution in [-0.4, -0.2) is 52.2 Å². The quantitative estimate of drug-likeness (QED) is 0.885. The molecule has 1 atom stereocenters. The van der Waals surface area contributed by atoms with E-state index in [0.717, 1.165) is 24.8 Å². The standard InChI is InChI=1S/C21H26N4O3/c1-14(2)25-12-16(11-22-25)20(27)24-9-8-21(13-24)7-6-15-4-5-17(28-3)10-18(15)19(26)23-21/h4-5,10-12,14H,6-9,13H2,1-3H3,(H,23,26). The van der Waals surface area contributed by atoms with E-state index in [1.54, 1.807) is 30.3 Å². The molecule has 2 aliphatic heterocycles. The van der Waals surface area contributed by atoms with Gasteiger partial charge in [-0.2, -0.15) is 5.10 Å². The first-order chi connectivity index (χ1) is 13.4. The molecule has 7 nitrogen and oxygen atoms in total. The number of rotatable bonds is 3. The van der Waals surface area contributed by atoms with E-state index in [9.17, 15) is 9.59 Å². The van der Waals surface area contributed by atoms with Crippen LogP contribution in [0.2, 0.25) is 0 Å². The Morgan fingerprint density at radius 2 is 2.14 bits per heavy atom. The van der Waals surface area contributed by atoms with Gasteiger partial charge >= 0.3 is 0 Å². The molecule has 1 fully saturated rings. The number of nitrogens with zero attached hydrogens (tertiary/aromatic N) is 3. The zero-order valence-corrected chi connectivity index (χ0v) is 16.6. The Morgan fingerprint density at radius 1 is 1.32 bits per heavy atom. The molecule has 4 rings (SSSR count). The maximum absolute atomic E-state index is 12.9. The number of amides is 2. The average Bonchev–Trinajstić information content (AvgIpc) is 3.31. The Morgan fingerprint density at radius 3 is 2.86 bits per heavy atom. The van der Waals surface area contributed by atoms with Crippen molar-refractivity contribution in [2.24, 2.45) is 0 Å². The number of methoxy groups -OCH3 is 1. The van der Waals surface area contributed by atoms with Gasteiger partial charge in [0.2, 0.25) is 0 Å². The Balaban J connectivity index is 1.51. The van der Waals surface area contributed by atoms with E-state index in [1.807, 2.05) is 30.9 Å². The molecule has 7 heteroatoms. The first kappa shape index (κ1) is 18.5. The van der Waals surface area contributed by atoms with Gasteiger partial charge in [0.25, 0.3) is 11.8 Å². The highest BCUT2D eigenvalue weighted by Gasteiger charge is 2.43. The van der Waals surface area contributed by atoms with E-state index < -0.39 is 0 Å². The predicted octanol–water partition coefficient (Wildman–Crippen LogP) is 2.43. The highest BCUT2D eigenvalue weighted by Crippen LogP contribution is 2.32. The van der Waals surface area contributed by atoms with E-state index in [-0.39, 0.29) is 23.4 Å². The van der Waals surface area contributed by atoms with Gasteiger partial charge < -0.3 is 15.0 Å². The molecule has 1 N–H and O–H groups in total. The summed E-state index contributed by atoms with van der Waals surface area (Å²) in [5, 5.41) is 7.48. The summed E-state index contributed by atoms with van der Waals surface area (Å²) < 4.78 is 7.05. The minimum Gasteiger partial charge on any atom is -0.497 e. The van der Waals surface area contributed by atoms with Crippen molar-refractivity contribution >= 4 is 11.8 Å². The van der Waals surface area contributed by atoms with Crippen LogP contribution in [0, 0.1) is 0 Å². The number of likely N-dealkylation sites (tertiary alicyclic amines) is 1. The fourth-order valence-corrected chi connectivity index (χ4v) is 4.12. The molecule has 148 valence electrons. The van der Waals surface area contributed by atoms with Crippen LogP contribution in [0.3, 0.4) is 0 Å². The summed E-state index contributed by atoms with van der Waals surface area (Å²) >= 11 is 0. The van der Waals surface area contributed by atoms with Crippen LogP contribution in [0.15, 0.2) is 30.6 Å². The molecule has 0 saturated carbocycles. The lowest BCUT2D eigenvalue weighted by atomic mass is 9.91. The molecule has 3 heterocycles. The molecule has 2 aliphatic rings. The Kier molecular flexibility index (Phi) is 4.61. The molecule has 1 unspecified atom stereocenters. The number of hydrogen-bond donors (Lipinski definition) is 1. The minimum absolute atomic E-state index is 0.0264. The fraction of sp³-hybridized carbons (Fsp3) is 0.476. The summed E-state index contributed by atoms with van der Waals surface area (Å²) in [4.78, 5) is 27.6. The third-order valence-electron chi connectivity index (χ3n) is 5.83. The molecule has 1 saturated heterocycles. The van der Waals surface area contributed by atoms with Gasteiger partial charge in [0.05, 0.1) is 24.4 Å². The van der Waals surface area contributed by atoms with Crippen molar-refractivity contribution in [1.29, 1.82) is 0 Å². The molecule has 0 bridgehead atoms. The second-order valence-electron chi connectivity index (χ2n) is 8.04. The molecule has 1 aromatic carbocycles.